The van der Waals surface area contributed by atoms with Crippen molar-refractivity contribution in [2.75, 3.05) is 0 Å². The van der Waals surface area contributed by atoms with Gasteiger partial charge in [-0.2, -0.15) is 0 Å². The minimum atomic E-state index is -0.805. The zero-order chi connectivity index (χ0) is 23.1. The van der Waals surface area contributed by atoms with Gasteiger partial charge in [-0.15, -0.1) is 0 Å². The molecule has 4 aliphatic carbocycles. The van der Waals surface area contributed by atoms with Gasteiger partial charge in [-0.1, -0.05) is 39.3 Å². The van der Waals surface area contributed by atoms with Crippen molar-refractivity contribution in [1.82, 2.24) is 0 Å². The van der Waals surface area contributed by atoms with Crippen LogP contribution < -0.4 is 0 Å². The van der Waals surface area contributed by atoms with E-state index in [2.05, 4.69) is 26.0 Å². The minimum Gasteiger partial charge on any atom is -0.472 e. The number of furan rings is 1. The third-order valence-corrected chi connectivity index (χ3v) is 9.99. The molecule has 0 amide bonds. The van der Waals surface area contributed by atoms with Crippen LogP contribution >= 0.6 is 0 Å². The summed E-state index contributed by atoms with van der Waals surface area (Å²) in [5.74, 6) is 0.186. The summed E-state index contributed by atoms with van der Waals surface area (Å²) in [6, 6.07) is 2.06. The lowest BCUT2D eigenvalue weighted by Crippen LogP contribution is -2.67. The number of allylic oxidation sites excluding steroid dienone is 1. The molecule has 7 unspecified atom stereocenters. The van der Waals surface area contributed by atoms with Crippen LogP contribution in [0.2, 0.25) is 0 Å². The van der Waals surface area contributed by atoms with Crippen molar-refractivity contribution in [3.05, 3.63) is 35.8 Å². The fraction of sp³-hybridized carbons (Fsp3) is 0.704. The highest BCUT2D eigenvalue weighted by Crippen LogP contribution is 2.69. The summed E-state index contributed by atoms with van der Waals surface area (Å²) in [6.07, 6.45) is 8.79. The molecule has 1 N–H and O–H groups in total. The molecule has 0 aliphatic heterocycles. The fourth-order valence-corrected chi connectivity index (χ4v) is 8.56. The van der Waals surface area contributed by atoms with Gasteiger partial charge in [-0.3, -0.25) is 9.59 Å². The van der Waals surface area contributed by atoms with Crippen LogP contribution in [0.4, 0.5) is 0 Å². The van der Waals surface area contributed by atoms with Gasteiger partial charge in [0.15, 0.2) is 0 Å². The Hall–Kier alpha value is -1.88. The quantitative estimate of drug-likeness (QED) is 0.515. The lowest BCUT2D eigenvalue weighted by molar-refractivity contribution is -0.223. The van der Waals surface area contributed by atoms with E-state index in [4.69, 9.17) is 9.15 Å². The molecule has 3 fully saturated rings. The second kappa shape index (κ2) is 7.06. The van der Waals surface area contributed by atoms with E-state index >= 15 is 0 Å². The summed E-state index contributed by atoms with van der Waals surface area (Å²) in [5.41, 5.74) is 1.68. The number of ketones is 1. The highest BCUT2D eigenvalue weighted by atomic mass is 16.6. The molecular weight excluding hydrogens is 404 g/mol. The fourth-order valence-electron chi connectivity index (χ4n) is 8.56. The van der Waals surface area contributed by atoms with Gasteiger partial charge < -0.3 is 14.3 Å². The molecule has 5 rings (SSSR count). The number of carbonyl (C=O) groups excluding carboxylic acids is 2. The topological polar surface area (TPSA) is 76.7 Å². The maximum Gasteiger partial charge on any atom is 0.303 e. The standard InChI is InChI=1S/C27H36O5/c1-15(28)32-23-22(30)21-18-7-6-17(16-10-13-31-14-16)26(18,4)11-8-19(21)27(5)12-9-20(29)25(2,3)24(23)27/h7,10,13-14,17,19,21-24,30H,6,8-9,11-12H2,1-5H3/t17?,19?,21?,22?,23?,24?,26?,27-/m1/s1. The number of carbonyl (C=O) groups is 2. The molecule has 1 heterocycles. The van der Waals surface area contributed by atoms with Crippen LogP contribution in [0.15, 0.2) is 34.7 Å². The molecule has 0 aromatic carbocycles. The number of Topliss-reactive ketones (excluding diaryl/α,β-unsaturated/α-hetero) is 1. The van der Waals surface area contributed by atoms with Gasteiger partial charge in [-0.25, -0.2) is 0 Å². The Morgan fingerprint density at radius 1 is 1.22 bits per heavy atom. The molecule has 3 saturated carbocycles. The number of esters is 1. The van der Waals surface area contributed by atoms with E-state index in [1.165, 1.54) is 18.1 Å². The summed E-state index contributed by atoms with van der Waals surface area (Å²) >= 11 is 0. The molecule has 4 aliphatic rings. The molecule has 8 atom stereocenters. The summed E-state index contributed by atoms with van der Waals surface area (Å²) in [4.78, 5) is 25.1. The Bertz CT molecular complexity index is 959. The summed E-state index contributed by atoms with van der Waals surface area (Å²) < 4.78 is 11.3. The predicted molar refractivity (Wildman–Crippen MR) is 120 cm³/mol. The van der Waals surface area contributed by atoms with Crippen LogP contribution in [-0.2, 0) is 14.3 Å². The van der Waals surface area contributed by atoms with Gasteiger partial charge in [0.05, 0.1) is 18.6 Å². The van der Waals surface area contributed by atoms with E-state index in [0.29, 0.717) is 12.3 Å². The average Bonchev–Trinajstić information content (AvgIpc) is 3.35. The van der Waals surface area contributed by atoms with Gasteiger partial charge in [0.2, 0.25) is 0 Å². The Balaban J connectivity index is 1.59. The number of hydrogen-bond acceptors (Lipinski definition) is 5. The van der Waals surface area contributed by atoms with Gasteiger partial charge in [0.1, 0.15) is 11.9 Å². The molecule has 32 heavy (non-hydrogen) atoms. The second-order valence-electron chi connectivity index (χ2n) is 11.8. The van der Waals surface area contributed by atoms with Crippen molar-refractivity contribution in [3.8, 4) is 0 Å². The van der Waals surface area contributed by atoms with Crippen molar-refractivity contribution < 1.29 is 23.8 Å². The zero-order valence-electron chi connectivity index (χ0n) is 19.9. The van der Waals surface area contributed by atoms with Crippen LogP contribution in [0.3, 0.4) is 0 Å². The largest absolute Gasteiger partial charge is 0.472 e. The molecule has 174 valence electrons. The van der Waals surface area contributed by atoms with E-state index < -0.39 is 17.6 Å². The SMILES string of the molecule is CC(=O)OC1C(O)C2C3=CCC(c4ccoc4)C3(C)CCC2[C@@]2(C)CCC(=O)C(C)(C)C12. The lowest BCUT2D eigenvalue weighted by atomic mass is 9.40. The highest BCUT2D eigenvalue weighted by molar-refractivity contribution is 5.85. The van der Waals surface area contributed by atoms with Crippen LogP contribution in [0.25, 0.3) is 0 Å². The maximum atomic E-state index is 13.0. The van der Waals surface area contributed by atoms with E-state index in [9.17, 15) is 14.7 Å². The van der Waals surface area contributed by atoms with E-state index in [0.717, 1.165) is 25.7 Å². The molecule has 1 aromatic heterocycles. The van der Waals surface area contributed by atoms with Gasteiger partial charge in [0.25, 0.3) is 0 Å². The normalized spacial score (nSPS) is 44.8. The molecule has 5 nitrogen and oxygen atoms in total. The van der Waals surface area contributed by atoms with Crippen molar-refractivity contribution in [2.45, 2.75) is 84.8 Å². The molecule has 5 heteroatoms. The number of fused-ring (bicyclic) bond motifs is 5. The number of hydrogen-bond donors (Lipinski definition) is 1. The van der Waals surface area contributed by atoms with Crippen LogP contribution in [0.5, 0.6) is 0 Å². The summed E-state index contributed by atoms with van der Waals surface area (Å²) in [7, 11) is 0. The highest BCUT2D eigenvalue weighted by Gasteiger charge is 2.67. The van der Waals surface area contributed by atoms with Gasteiger partial charge in [0, 0.05) is 30.6 Å². The lowest BCUT2D eigenvalue weighted by Gasteiger charge is -2.65. The first-order chi connectivity index (χ1) is 15.0. The van der Waals surface area contributed by atoms with Gasteiger partial charge in [-0.05, 0) is 60.0 Å². The molecule has 0 radical (unpaired) electrons. The summed E-state index contributed by atoms with van der Waals surface area (Å²) in [6.45, 7) is 9.99. The Labute approximate surface area is 190 Å². The monoisotopic (exact) mass is 440 g/mol. The maximum absolute atomic E-state index is 13.0. The molecular formula is C27H36O5. The molecule has 1 aromatic rings. The van der Waals surface area contributed by atoms with Crippen molar-refractivity contribution in [2.24, 2.45) is 34.0 Å². The van der Waals surface area contributed by atoms with Crippen LogP contribution in [-0.4, -0.2) is 29.1 Å². The Morgan fingerprint density at radius 3 is 2.62 bits per heavy atom. The minimum absolute atomic E-state index is 0.0456. The van der Waals surface area contributed by atoms with Crippen LogP contribution in [0.1, 0.15) is 78.2 Å². The Kier molecular flexibility index (Phi) is 4.84. The third-order valence-electron chi connectivity index (χ3n) is 9.99. The predicted octanol–water partition coefficient (Wildman–Crippen LogP) is 5.04. The van der Waals surface area contributed by atoms with Crippen molar-refractivity contribution in [3.63, 3.8) is 0 Å². The molecule has 0 bridgehead atoms. The zero-order valence-corrected chi connectivity index (χ0v) is 19.9. The first-order valence-corrected chi connectivity index (χ1v) is 12.1. The smallest absolute Gasteiger partial charge is 0.303 e. The Morgan fingerprint density at radius 2 is 1.97 bits per heavy atom. The first-order valence-electron chi connectivity index (χ1n) is 12.1. The molecule has 0 spiro atoms. The van der Waals surface area contributed by atoms with E-state index in [-0.39, 0.29) is 40.3 Å². The van der Waals surface area contributed by atoms with Gasteiger partial charge >= 0.3 is 5.97 Å². The van der Waals surface area contributed by atoms with Crippen LogP contribution in [0, 0.1) is 34.0 Å². The average molecular weight is 441 g/mol. The molecule has 0 saturated heterocycles. The number of rotatable bonds is 2. The third kappa shape index (κ3) is 2.79. The number of aliphatic hydroxyl groups is 1. The second-order valence-corrected chi connectivity index (χ2v) is 11.8. The van der Waals surface area contributed by atoms with E-state index in [1.807, 2.05) is 20.1 Å². The first kappa shape index (κ1) is 21.9. The number of aliphatic hydroxyl groups excluding tert-OH is 1. The summed E-state index contributed by atoms with van der Waals surface area (Å²) in [5, 5.41) is 11.8. The van der Waals surface area contributed by atoms with Crippen molar-refractivity contribution in [1.29, 1.82) is 0 Å². The van der Waals surface area contributed by atoms with Crippen molar-refractivity contribution >= 4 is 11.8 Å². The van der Waals surface area contributed by atoms with E-state index in [1.54, 1.807) is 6.26 Å². The number of ether oxygens (including phenoxy) is 1.